The summed E-state index contributed by atoms with van der Waals surface area (Å²) in [6.45, 7) is 0.658. The summed E-state index contributed by atoms with van der Waals surface area (Å²) in [5.41, 5.74) is 3.93. The van der Waals surface area contributed by atoms with E-state index in [1.165, 1.54) is 0 Å². The Labute approximate surface area is 83.0 Å². The van der Waals surface area contributed by atoms with E-state index in [4.69, 9.17) is 0 Å². The predicted molar refractivity (Wildman–Crippen MR) is 54.1 cm³/mol. The Kier molecular flexibility index (Phi) is 2.49. The maximum atomic E-state index is 11.6. The van der Waals surface area contributed by atoms with Gasteiger partial charge in [0.05, 0.1) is 13.0 Å². The average Bonchev–Trinajstić information content (AvgIpc) is 2.72. The van der Waals surface area contributed by atoms with E-state index in [9.17, 15) is 4.79 Å². The van der Waals surface area contributed by atoms with Crippen molar-refractivity contribution in [2.75, 3.05) is 6.54 Å². The number of rotatable bonds is 2. The third-order valence-corrected chi connectivity index (χ3v) is 2.14. The molecule has 0 atom stereocenters. The third kappa shape index (κ3) is 1.93. The second-order valence-corrected chi connectivity index (χ2v) is 3.20. The number of carbonyl (C=O) groups excluding carboxylic acids is 1. The van der Waals surface area contributed by atoms with Crippen molar-refractivity contribution >= 4 is 5.91 Å². The number of nitrogens with zero attached hydrogens (tertiary/aromatic N) is 1. The Hall–Kier alpha value is -1.77. The lowest BCUT2D eigenvalue weighted by Crippen LogP contribution is -2.37. The molecular formula is C11H12N2O. The number of benzene rings is 1. The topological polar surface area (TPSA) is 32.3 Å². The molecule has 0 saturated carbocycles. The van der Waals surface area contributed by atoms with Crippen LogP contribution in [0.1, 0.15) is 5.56 Å². The molecule has 14 heavy (non-hydrogen) atoms. The molecule has 1 amide bonds. The first-order valence-corrected chi connectivity index (χ1v) is 4.62. The monoisotopic (exact) mass is 188 g/mol. The minimum absolute atomic E-state index is 0.0983. The van der Waals surface area contributed by atoms with Gasteiger partial charge in [-0.3, -0.25) is 9.80 Å². The van der Waals surface area contributed by atoms with Crippen molar-refractivity contribution in [1.29, 1.82) is 0 Å². The lowest BCUT2D eigenvalue weighted by atomic mass is 10.1. The summed E-state index contributed by atoms with van der Waals surface area (Å²) in [7, 11) is 0. The fourth-order valence-corrected chi connectivity index (χ4v) is 1.39. The molecule has 2 rings (SSSR count). The maximum Gasteiger partial charge on any atom is 0.245 e. The van der Waals surface area contributed by atoms with Gasteiger partial charge < -0.3 is 5.43 Å². The van der Waals surface area contributed by atoms with Crippen molar-refractivity contribution in [2.24, 2.45) is 0 Å². The van der Waals surface area contributed by atoms with Crippen LogP contribution in [0.5, 0.6) is 0 Å². The zero-order valence-electron chi connectivity index (χ0n) is 7.81. The highest BCUT2D eigenvalue weighted by atomic mass is 16.2. The van der Waals surface area contributed by atoms with Gasteiger partial charge in [0, 0.05) is 6.20 Å². The molecule has 72 valence electrons. The largest absolute Gasteiger partial charge is 0.303 e. The fourth-order valence-electron chi connectivity index (χ4n) is 1.39. The summed E-state index contributed by atoms with van der Waals surface area (Å²) in [6, 6.07) is 9.75. The van der Waals surface area contributed by atoms with Crippen LogP contribution in [-0.2, 0) is 11.2 Å². The first kappa shape index (κ1) is 8.81. The molecule has 0 aliphatic carbocycles. The summed E-state index contributed by atoms with van der Waals surface area (Å²) >= 11 is 0. The second kappa shape index (κ2) is 3.96. The molecule has 0 bridgehead atoms. The molecule has 0 unspecified atom stereocenters. The van der Waals surface area contributed by atoms with Crippen molar-refractivity contribution in [3.8, 4) is 0 Å². The van der Waals surface area contributed by atoms with Crippen molar-refractivity contribution in [2.45, 2.75) is 6.42 Å². The van der Waals surface area contributed by atoms with Crippen molar-refractivity contribution in [1.82, 2.24) is 10.4 Å². The van der Waals surface area contributed by atoms with Gasteiger partial charge in [-0.1, -0.05) is 30.3 Å². The van der Waals surface area contributed by atoms with E-state index in [0.717, 1.165) is 5.56 Å². The van der Waals surface area contributed by atoms with Crippen LogP contribution in [0, 0.1) is 0 Å². The highest BCUT2D eigenvalue weighted by Crippen LogP contribution is 2.03. The Balaban J connectivity index is 1.95. The van der Waals surface area contributed by atoms with Crippen LogP contribution >= 0.6 is 0 Å². The van der Waals surface area contributed by atoms with Gasteiger partial charge in [-0.15, -0.1) is 0 Å². The van der Waals surface area contributed by atoms with Crippen LogP contribution in [0.4, 0.5) is 0 Å². The van der Waals surface area contributed by atoms with Crippen molar-refractivity contribution in [3.63, 3.8) is 0 Å². The van der Waals surface area contributed by atoms with E-state index in [1.54, 1.807) is 11.2 Å². The highest BCUT2D eigenvalue weighted by Gasteiger charge is 2.13. The van der Waals surface area contributed by atoms with E-state index in [-0.39, 0.29) is 5.91 Å². The molecule has 0 spiro atoms. The standard InChI is InChI=1S/C11H12N2O/c14-11(13-8-4-7-12-13)9-10-5-2-1-3-6-10/h1-7,12H,8-9H2. The highest BCUT2D eigenvalue weighted by molar-refractivity contribution is 5.78. The number of hydrogen-bond donors (Lipinski definition) is 1. The van der Waals surface area contributed by atoms with E-state index in [1.807, 2.05) is 36.4 Å². The zero-order chi connectivity index (χ0) is 9.80. The molecular weight excluding hydrogens is 176 g/mol. The Bertz CT molecular complexity index is 338. The van der Waals surface area contributed by atoms with Crippen LogP contribution in [0.25, 0.3) is 0 Å². The summed E-state index contributed by atoms with van der Waals surface area (Å²) in [6.07, 6.45) is 4.15. The van der Waals surface area contributed by atoms with E-state index in [2.05, 4.69) is 5.43 Å². The minimum Gasteiger partial charge on any atom is -0.303 e. The summed E-state index contributed by atoms with van der Waals surface area (Å²) in [5.74, 6) is 0.0983. The van der Waals surface area contributed by atoms with Crippen LogP contribution in [0.2, 0.25) is 0 Å². The third-order valence-electron chi connectivity index (χ3n) is 2.14. The molecule has 0 fully saturated rings. The lowest BCUT2D eigenvalue weighted by Gasteiger charge is -2.15. The second-order valence-electron chi connectivity index (χ2n) is 3.20. The van der Waals surface area contributed by atoms with Gasteiger partial charge in [-0.05, 0) is 11.6 Å². The van der Waals surface area contributed by atoms with Gasteiger partial charge in [0.1, 0.15) is 0 Å². The molecule has 0 radical (unpaired) electrons. The number of nitrogens with one attached hydrogen (secondary N) is 1. The molecule has 1 aliphatic rings. The van der Waals surface area contributed by atoms with Gasteiger partial charge in [-0.2, -0.15) is 0 Å². The van der Waals surface area contributed by atoms with Crippen LogP contribution in [-0.4, -0.2) is 17.5 Å². The Morgan fingerprint density at radius 2 is 2.14 bits per heavy atom. The fraction of sp³-hybridized carbons (Fsp3) is 0.182. The van der Waals surface area contributed by atoms with Crippen LogP contribution < -0.4 is 5.43 Å². The number of carbonyl (C=O) groups is 1. The van der Waals surface area contributed by atoms with Gasteiger partial charge in [0.2, 0.25) is 5.91 Å². The SMILES string of the molecule is O=C(Cc1ccccc1)N1CC=CN1. The molecule has 3 heteroatoms. The summed E-state index contributed by atoms with van der Waals surface area (Å²) in [4.78, 5) is 11.6. The molecule has 1 N–H and O–H groups in total. The molecule has 0 saturated heterocycles. The first-order chi connectivity index (χ1) is 6.86. The van der Waals surface area contributed by atoms with E-state index >= 15 is 0 Å². The smallest absolute Gasteiger partial charge is 0.245 e. The van der Waals surface area contributed by atoms with Crippen LogP contribution in [0.15, 0.2) is 42.6 Å². The van der Waals surface area contributed by atoms with Crippen molar-refractivity contribution < 1.29 is 4.79 Å². The lowest BCUT2D eigenvalue weighted by molar-refractivity contribution is -0.131. The first-order valence-electron chi connectivity index (χ1n) is 4.62. The number of hydrazine groups is 1. The van der Waals surface area contributed by atoms with E-state index < -0.39 is 0 Å². The molecule has 1 heterocycles. The van der Waals surface area contributed by atoms with Gasteiger partial charge in [0.25, 0.3) is 0 Å². The van der Waals surface area contributed by atoms with Crippen molar-refractivity contribution in [3.05, 3.63) is 48.2 Å². The molecule has 1 aromatic carbocycles. The summed E-state index contributed by atoms with van der Waals surface area (Å²) in [5, 5.41) is 1.60. The van der Waals surface area contributed by atoms with Gasteiger partial charge in [-0.25, -0.2) is 0 Å². The molecule has 1 aromatic rings. The normalized spacial score (nSPS) is 14.1. The molecule has 1 aliphatic heterocycles. The molecule has 0 aromatic heterocycles. The average molecular weight is 188 g/mol. The number of amides is 1. The van der Waals surface area contributed by atoms with Gasteiger partial charge >= 0.3 is 0 Å². The maximum absolute atomic E-state index is 11.6. The van der Waals surface area contributed by atoms with E-state index in [0.29, 0.717) is 13.0 Å². The van der Waals surface area contributed by atoms with Gasteiger partial charge in [0.15, 0.2) is 0 Å². The predicted octanol–water partition coefficient (Wildman–Crippen LogP) is 1.09. The minimum atomic E-state index is 0.0983. The quantitative estimate of drug-likeness (QED) is 0.753. The van der Waals surface area contributed by atoms with Crippen LogP contribution in [0.3, 0.4) is 0 Å². The zero-order valence-corrected chi connectivity index (χ0v) is 7.81. The summed E-state index contributed by atoms with van der Waals surface area (Å²) < 4.78 is 0. The molecule has 3 nitrogen and oxygen atoms in total. The Morgan fingerprint density at radius 1 is 1.36 bits per heavy atom. The number of hydrogen-bond acceptors (Lipinski definition) is 2. The Morgan fingerprint density at radius 3 is 2.79 bits per heavy atom.